The Hall–Kier alpha value is -2.38. The molecule has 1 N–H and O–H groups in total. The van der Waals surface area contributed by atoms with Crippen molar-refractivity contribution in [2.75, 3.05) is 13.1 Å². The van der Waals surface area contributed by atoms with E-state index in [4.69, 9.17) is 4.42 Å². The molecule has 1 aliphatic rings. The Bertz CT molecular complexity index is 868. The second kappa shape index (κ2) is 7.47. The molecular weight excluding hydrogens is 348 g/mol. The summed E-state index contributed by atoms with van der Waals surface area (Å²) in [6.07, 6.45) is 4.21. The van der Waals surface area contributed by atoms with Crippen LogP contribution < -0.4 is 5.32 Å². The van der Waals surface area contributed by atoms with Gasteiger partial charge in [0.15, 0.2) is 5.76 Å². The first-order valence-corrected chi connectivity index (χ1v) is 9.68. The first kappa shape index (κ1) is 17.1. The third kappa shape index (κ3) is 3.59. The number of hydrogen-bond acceptors (Lipinski definition) is 5. The molecule has 4 heterocycles. The maximum absolute atomic E-state index is 12.0. The maximum atomic E-state index is 12.0. The number of nitrogens with zero attached hydrogens (tertiary/aromatic N) is 3. The number of amides is 1. The average Bonchev–Trinajstić information content (AvgIpc) is 3.37. The summed E-state index contributed by atoms with van der Waals surface area (Å²) < 4.78 is 7.24. The summed E-state index contributed by atoms with van der Waals surface area (Å²) in [4.78, 5) is 15.9. The molecule has 3 aromatic heterocycles. The number of rotatable bonds is 6. The molecule has 6 nitrogen and oxygen atoms in total. The first-order chi connectivity index (χ1) is 12.7. The monoisotopic (exact) mass is 370 g/mol. The fourth-order valence-corrected chi connectivity index (χ4v) is 4.36. The highest BCUT2D eigenvalue weighted by Gasteiger charge is 2.26. The lowest BCUT2D eigenvalue weighted by Crippen LogP contribution is -2.38. The number of nitrogens with one attached hydrogen (secondary N) is 1. The zero-order valence-electron chi connectivity index (χ0n) is 14.7. The van der Waals surface area contributed by atoms with Crippen molar-refractivity contribution in [2.45, 2.75) is 32.5 Å². The second-order valence-corrected chi connectivity index (χ2v) is 7.64. The van der Waals surface area contributed by atoms with Crippen molar-refractivity contribution in [3.05, 3.63) is 64.0 Å². The van der Waals surface area contributed by atoms with Crippen LogP contribution in [-0.2, 0) is 13.1 Å². The minimum atomic E-state index is -0.169. The lowest BCUT2D eigenvalue weighted by atomic mass is 10.1. The van der Waals surface area contributed by atoms with Gasteiger partial charge in [0.25, 0.3) is 5.91 Å². The van der Waals surface area contributed by atoms with Gasteiger partial charge in [0, 0.05) is 37.3 Å². The molecule has 0 bridgehead atoms. The molecule has 7 heteroatoms. The topological polar surface area (TPSA) is 63.3 Å². The Morgan fingerprint density at radius 3 is 3.12 bits per heavy atom. The van der Waals surface area contributed by atoms with Crippen molar-refractivity contribution in [1.82, 2.24) is 20.0 Å². The lowest BCUT2D eigenvalue weighted by Gasteiger charge is -2.34. The van der Waals surface area contributed by atoms with Gasteiger partial charge in [-0.3, -0.25) is 14.4 Å². The van der Waals surface area contributed by atoms with E-state index >= 15 is 0 Å². The Balaban J connectivity index is 1.38. The van der Waals surface area contributed by atoms with Crippen molar-refractivity contribution >= 4 is 17.2 Å². The zero-order valence-corrected chi connectivity index (χ0v) is 15.5. The van der Waals surface area contributed by atoms with E-state index in [2.05, 4.69) is 44.4 Å². The van der Waals surface area contributed by atoms with Crippen LogP contribution >= 0.6 is 11.3 Å². The van der Waals surface area contributed by atoms with Crippen LogP contribution in [0, 0.1) is 6.92 Å². The van der Waals surface area contributed by atoms with Crippen molar-refractivity contribution in [2.24, 2.45) is 0 Å². The average molecular weight is 370 g/mol. The molecule has 0 radical (unpaired) electrons. The smallest absolute Gasteiger partial charge is 0.286 e. The number of aryl methyl sites for hydroxylation is 1. The highest BCUT2D eigenvalue weighted by Crippen LogP contribution is 2.26. The highest BCUT2D eigenvalue weighted by atomic mass is 32.1. The van der Waals surface area contributed by atoms with Crippen LogP contribution in [-0.4, -0.2) is 33.7 Å². The van der Waals surface area contributed by atoms with Crippen LogP contribution in [0.5, 0.6) is 0 Å². The van der Waals surface area contributed by atoms with Crippen LogP contribution in [0.15, 0.2) is 46.5 Å². The van der Waals surface area contributed by atoms with Gasteiger partial charge >= 0.3 is 0 Å². The van der Waals surface area contributed by atoms with Crippen LogP contribution in [0.2, 0.25) is 0 Å². The maximum Gasteiger partial charge on any atom is 0.286 e. The number of aromatic nitrogens is 2. The molecule has 0 saturated carbocycles. The van der Waals surface area contributed by atoms with E-state index in [9.17, 15) is 4.79 Å². The second-order valence-electron chi connectivity index (χ2n) is 6.64. The SMILES string of the molecule is Cc1ccsc1CN1Cc2ccnn2C(CCNC(=O)c2ccco2)C1. The van der Waals surface area contributed by atoms with E-state index in [-0.39, 0.29) is 11.9 Å². The number of furan rings is 1. The summed E-state index contributed by atoms with van der Waals surface area (Å²) in [5.74, 6) is 0.181. The molecule has 0 fully saturated rings. The summed E-state index contributed by atoms with van der Waals surface area (Å²) in [7, 11) is 0. The number of carbonyl (C=O) groups excluding carboxylic acids is 1. The van der Waals surface area contributed by atoms with Crippen molar-refractivity contribution < 1.29 is 9.21 Å². The predicted octanol–water partition coefficient (Wildman–Crippen LogP) is 3.22. The normalized spacial score (nSPS) is 17.2. The Morgan fingerprint density at radius 1 is 1.42 bits per heavy atom. The van der Waals surface area contributed by atoms with Gasteiger partial charge < -0.3 is 9.73 Å². The quantitative estimate of drug-likeness (QED) is 0.724. The van der Waals surface area contributed by atoms with Gasteiger partial charge in [-0.05, 0) is 48.6 Å². The van der Waals surface area contributed by atoms with Gasteiger partial charge in [0.2, 0.25) is 0 Å². The molecule has 0 spiro atoms. The summed E-state index contributed by atoms with van der Waals surface area (Å²) in [6, 6.07) is 7.91. The molecule has 0 aromatic carbocycles. The van der Waals surface area contributed by atoms with E-state index in [1.165, 1.54) is 22.4 Å². The molecule has 4 rings (SSSR count). The highest BCUT2D eigenvalue weighted by molar-refractivity contribution is 7.10. The zero-order chi connectivity index (χ0) is 17.9. The minimum Gasteiger partial charge on any atom is -0.459 e. The summed E-state index contributed by atoms with van der Waals surface area (Å²) in [5, 5.41) is 9.58. The molecule has 0 aliphatic carbocycles. The van der Waals surface area contributed by atoms with Crippen molar-refractivity contribution in [1.29, 1.82) is 0 Å². The van der Waals surface area contributed by atoms with E-state index in [1.54, 1.807) is 12.1 Å². The van der Waals surface area contributed by atoms with E-state index < -0.39 is 0 Å². The molecular formula is C19H22N4O2S. The Kier molecular flexibility index (Phi) is 4.90. The van der Waals surface area contributed by atoms with Gasteiger partial charge in [-0.2, -0.15) is 5.10 Å². The molecule has 136 valence electrons. The Labute approximate surface area is 156 Å². The van der Waals surface area contributed by atoms with Crippen LogP contribution in [0.3, 0.4) is 0 Å². The predicted molar refractivity (Wildman–Crippen MR) is 100 cm³/mol. The molecule has 0 saturated heterocycles. The third-order valence-electron chi connectivity index (χ3n) is 4.80. The van der Waals surface area contributed by atoms with Gasteiger partial charge in [-0.1, -0.05) is 0 Å². The van der Waals surface area contributed by atoms with E-state index in [0.29, 0.717) is 12.3 Å². The first-order valence-electron chi connectivity index (χ1n) is 8.80. The molecule has 1 unspecified atom stereocenters. The van der Waals surface area contributed by atoms with E-state index in [1.807, 2.05) is 17.5 Å². The van der Waals surface area contributed by atoms with Gasteiger partial charge in [0.1, 0.15) is 0 Å². The van der Waals surface area contributed by atoms with Crippen molar-refractivity contribution in [3.63, 3.8) is 0 Å². The largest absolute Gasteiger partial charge is 0.459 e. The van der Waals surface area contributed by atoms with Crippen LogP contribution in [0.25, 0.3) is 0 Å². The third-order valence-corrected chi connectivity index (χ3v) is 5.80. The van der Waals surface area contributed by atoms with Crippen LogP contribution in [0.1, 0.15) is 39.2 Å². The fraction of sp³-hybridized carbons (Fsp3) is 0.368. The minimum absolute atomic E-state index is 0.169. The fourth-order valence-electron chi connectivity index (χ4n) is 3.42. The van der Waals surface area contributed by atoms with Crippen LogP contribution in [0.4, 0.5) is 0 Å². The summed E-state index contributed by atoms with van der Waals surface area (Å²) >= 11 is 1.82. The van der Waals surface area contributed by atoms with Gasteiger partial charge in [0.05, 0.1) is 18.0 Å². The summed E-state index contributed by atoms with van der Waals surface area (Å²) in [5.41, 5.74) is 2.59. The number of fused-ring (bicyclic) bond motifs is 1. The number of hydrogen-bond donors (Lipinski definition) is 1. The molecule has 1 aliphatic heterocycles. The molecule has 1 amide bonds. The van der Waals surface area contributed by atoms with Gasteiger partial charge in [-0.25, -0.2) is 0 Å². The number of carbonyl (C=O) groups is 1. The van der Waals surface area contributed by atoms with Gasteiger partial charge in [-0.15, -0.1) is 11.3 Å². The molecule has 26 heavy (non-hydrogen) atoms. The van der Waals surface area contributed by atoms with E-state index in [0.717, 1.165) is 26.1 Å². The Morgan fingerprint density at radius 2 is 2.35 bits per heavy atom. The molecule has 1 atom stereocenters. The van der Waals surface area contributed by atoms with Crippen molar-refractivity contribution in [3.8, 4) is 0 Å². The standard InChI is InChI=1S/C19H22N4O2S/c1-14-6-10-26-18(14)13-22-11-15(23-16(12-22)5-8-21-23)4-7-20-19(24)17-3-2-9-25-17/h2-3,5-6,8-10,15H,4,7,11-13H2,1H3,(H,20,24). The number of thiophene rings is 1. The lowest BCUT2D eigenvalue weighted by molar-refractivity contribution is 0.0919. The molecule has 3 aromatic rings. The summed E-state index contributed by atoms with van der Waals surface area (Å²) in [6.45, 7) is 5.57.